The number of amides is 1. The van der Waals surface area contributed by atoms with E-state index in [4.69, 9.17) is 4.74 Å². The minimum Gasteiger partial charge on any atom is -0.465 e. The third-order valence-electron chi connectivity index (χ3n) is 2.95. The van der Waals surface area contributed by atoms with Gasteiger partial charge in [0, 0.05) is 13.0 Å². The molecule has 0 aromatic carbocycles. The van der Waals surface area contributed by atoms with Crippen molar-refractivity contribution < 1.29 is 19.1 Å². The van der Waals surface area contributed by atoms with E-state index < -0.39 is 11.9 Å². The summed E-state index contributed by atoms with van der Waals surface area (Å²) in [6.07, 6.45) is 0.972. The van der Waals surface area contributed by atoms with Gasteiger partial charge in [0.25, 0.3) is 0 Å². The Morgan fingerprint density at radius 2 is 2.27 bits per heavy atom. The minimum absolute atomic E-state index is 0.0276. The van der Waals surface area contributed by atoms with Crippen LogP contribution in [0.25, 0.3) is 0 Å². The fourth-order valence-electron chi connectivity index (χ4n) is 2.21. The van der Waals surface area contributed by atoms with Gasteiger partial charge in [-0.05, 0) is 13.3 Å². The van der Waals surface area contributed by atoms with Crippen molar-refractivity contribution >= 4 is 17.7 Å². The molecule has 2 aliphatic heterocycles. The Hall–Kier alpha value is -1.39. The van der Waals surface area contributed by atoms with Gasteiger partial charge in [-0.1, -0.05) is 0 Å². The number of ketones is 1. The summed E-state index contributed by atoms with van der Waals surface area (Å²) < 4.78 is 4.80. The maximum absolute atomic E-state index is 11.8. The molecule has 1 amide bonds. The van der Waals surface area contributed by atoms with Gasteiger partial charge < -0.3 is 9.64 Å². The van der Waals surface area contributed by atoms with E-state index in [1.54, 1.807) is 6.92 Å². The first-order chi connectivity index (χ1) is 7.15. The number of ether oxygens (including phenoxy) is 1. The minimum atomic E-state index is -0.751. The first-order valence-corrected chi connectivity index (χ1v) is 5.15. The third kappa shape index (κ3) is 1.52. The molecule has 0 bridgehead atoms. The van der Waals surface area contributed by atoms with E-state index in [9.17, 15) is 14.4 Å². The van der Waals surface area contributed by atoms with Crippen LogP contribution in [-0.4, -0.2) is 41.8 Å². The SMILES string of the molecule is CCOC(=O)C1CN2C(=O)CCC2C1=O. The summed E-state index contributed by atoms with van der Waals surface area (Å²) in [5, 5.41) is 0. The Labute approximate surface area is 87.4 Å². The molecule has 0 N–H and O–H groups in total. The zero-order valence-electron chi connectivity index (χ0n) is 8.56. The number of rotatable bonds is 2. The summed E-state index contributed by atoms with van der Waals surface area (Å²) in [6.45, 7) is 2.17. The molecule has 0 radical (unpaired) electrons. The van der Waals surface area contributed by atoms with Crippen molar-refractivity contribution in [3.8, 4) is 0 Å². The zero-order chi connectivity index (χ0) is 11.0. The van der Waals surface area contributed by atoms with Gasteiger partial charge in [0.1, 0.15) is 5.92 Å². The molecule has 2 saturated heterocycles. The Morgan fingerprint density at radius 1 is 1.53 bits per heavy atom. The molecule has 0 aliphatic carbocycles. The van der Waals surface area contributed by atoms with E-state index in [2.05, 4.69) is 0 Å². The molecule has 2 atom stereocenters. The first-order valence-electron chi connectivity index (χ1n) is 5.15. The molecule has 2 unspecified atom stereocenters. The van der Waals surface area contributed by atoms with E-state index in [-0.39, 0.29) is 30.9 Å². The number of carbonyl (C=O) groups excluding carboxylic acids is 3. The molecular formula is C10H13NO4. The predicted molar refractivity (Wildman–Crippen MR) is 49.9 cm³/mol. The Balaban J connectivity index is 2.10. The van der Waals surface area contributed by atoms with Gasteiger partial charge >= 0.3 is 5.97 Å². The number of nitrogens with zero attached hydrogens (tertiary/aromatic N) is 1. The second kappa shape index (κ2) is 3.64. The highest BCUT2D eigenvalue weighted by Crippen LogP contribution is 2.30. The molecule has 5 nitrogen and oxygen atoms in total. The number of carbonyl (C=O) groups is 3. The third-order valence-corrected chi connectivity index (χ3v) is 2.95. The molecule has 0 aromatic heterocycles. The Kier molecular flexibility index (Phi) is 2.46. The second-order valence-corrected chi connectivity index (χ2v) is 3.81. The maximum atomic E-state index is 11.8. The topological polar surface area (TPSA) is 63.7 Å². The van der Waals surface area contributed by atoms with Crippen LogP contribution in [0.3, 0.4) is 0 Å². The van der Waals surface area contributed by atoms with Crippen LogP contribution in [0.15, 0.2) is 0 Å². The van der Waals surface area contributed by atoms with E-state index in [0.29, 0.717) is 12.8 Å². The van der Waals surface area contributed by atoms with Crippen LogP contribution >= 0.6 is 0 Å². The lowest BCUT2D eigenvalue weighted by atomic mass is 10.0. The van der Waals surface area contributed by atoms with Gasteiger partial charge in [-0.15, -0.1) is 0 Å². The monoisotopic (exact) mass is 211 g/mol. The smallest absolute Gasteiger partial charge is 0.318 e. The van der Waals surface area contributed by atoms with E-state index in [1.165, 1.54) is 4.90 Å². The fraction of sp³-hybridized carbons (Fsp3) is 0.700. The van der Waals surface area contributed by atoms with Crippen molar-refractivity contribution in [3.63, 3.8) is 0 Å². The van der Waals surface area contributed by atoms with E-state index in [0.717, 1.165) is 0 Å². The van der Waals surface area contributed by atoms with Crippen LogP contribution in [0.4, 0.5) is 0 Å². The Morgan fingerprint density at radius 3 is 2.87 bits per heavy atom. The predicted octanol–water partition coefficient (Wildman–Crippen LogP) is -0.261. The molecule has 0 spiro atoms. The van der Waals surface area contributed by atoms with Crippen molar-refractivity contribution in [1.82, 2.24) is 4.90 Å². The average molecular weight is 211 g/mol. The van der Waals surface area contributed by atoms with Crippen molar-refractivity contribution in [3.05, 3.63) is 0 Å². The molecule has 2 heterocycles. The molecule has 0 saturated carbocycles. The van der Waals surface area contributed by atoms with Crippen molar-refractivity contribution in [2.75, 3.05) is 13.2 Å². The van der Waals surface area contributed by atoms with Gasteiger partial charge in [0.05, 0.1) is 12.6 Å². The summed E-state index contributed by atoms with van der Waals surface area (Å²) in [7, 11) is 0. The number of Topliss-reactive ketones (excluding diaryl/α,β-unsaturated/α-hetero) is 1. The van der Waals surface area contributed by atoms with Gasteiger partial charge in [0.2, 0.25) is 5.91 Å². The fourth-order valence-corrected chi connectivity index (χ4v) is 2.21. The number of esters is 1. The normalized spacial score (nSPS) is 29.5. The van der Waals surface area contributed by atoms with Crippen molar-refractivity contribution in [2.24, 2.45) is 5.92 Å². The lowest BCUT2D eigenvalue weighted by Crippen LogP contribution is -2.29. The number of fused-ring (bicyclic) bond motifs is 1. The molecule has 82 valence electrons. The van der Waals surface area contributed by atoms with E-state index in [1.807, 2.05) is 0 Å². The summed E-state index contributed by atoms with van der Waals surface area (Å²) >= 11 is 0. The molecule has 0 aromatic rings. The van der Waals surface area contributed by atoms with Crippen molar-refractivity contribution in [2.45, 2.75) is 25.8 Å². The van der Waals surface area contributed by atoms with Crippen LogP contribution in [0, 0.1) is 5.92 Å². The highest BCUT2D eigenvalue weighted by Gasteiger charge is 2.49. The van der Waals surface area contributed by atoms with Gasteiger partial charge in [-0.2, -0.15) is 0 Å². The van der Waals surface area contributed by atoms with Crippen LogP contribution in [0.2, 0.25) is 0 Å². The maximum Gasteiger partial charge on any atom is 0.318 e. The largest absolute Gasteiger partial charge is 0.465 e. The molecule has 2 rings (SSSR count). The highest BCUT2D eigenvalue weighted by molar-refractivity contribution is 6.07. The van der Waals surface area contributed by atoms with Crippen LogP contribution < -0.4 is 0 Å². The van der Waals surface area contributed by atoms with Crippen molar-refractivity contribution in [1.29, 1.82) is 0 Å². The summed E-state index contributed by atoms with van der Waals surface area (Å²) in [5.41, 5.74) is 0. The van der Waals surface area contributed by atoms with Crippen LogP contribution in [-0.2, 0) is 19.1 Å². The number of hydrogen-bond donors (Lipinski definition) is 0. The molecule has 15 heavy (non-hydrogen) atoms. The van der Waals surface area contributed by atoms with Crippen LogP contribution in [0.5, 0.6) is 0 Å². The zero-order valence-corrected chi connectivity index (χ0v) is 8.56. The molecule has 2 fully saturated rings. The van der Waals surface area contributed by atoms with Crippen LogP contribution in [0.1, 0.15) is 19.8 Å². The standard InChI is InChI=1S/C10H13NO4/c1-2-15-10(14)6-5-11-7(9(6)13)3-4-8(11)12/h6-7H,2-5H2,1H3. The average Bonchev–Trinajstić information content (AvgIpc) is 2.70. The molecular weight excluding hydrogens is 198 g/mol. The summed E-state index contributed by atoms with van der Waals surface area (Å²) in [6, 6.07) is -0.369. The lowest BCUT2D eigenvalue weighted by Gasteiger charge is -2.12. The highest BCUT2D eigenvalue weighted by atomic mass is 16.5. The second-order valence-electron chi connectivity index (χ2n) is 3.81. The number of hydrogen-bond acceptors (Lipinski definition) is 4. The molecule has 5 heteroatoms. The van der Waals surface area contributed by atoms with Gasteiger partial charge in [-0.3, -0.25) is 14.4 Å². The Bertz CT molecular complexity index is 325. The first kappa shape index (κ1) is 10.1. The summed E-state index contributed by atoms with van der Waals surface area (Å²) in [5.74, 6) is -1.43. The molecule has 2 aliphatic rings. The lowest BCUT2D eigenvalue weighted by molar-refractivity contribution is -0.150. The van der Waals surface area contributed by atoms with Gasteiger partial charge in [-0.25, -0.2) is 0 Å². The van der Waals surface area contributed by atoms with E-state index >= 15 is 0 Å². The summed E-state index contributed by atoms with van der Waals surface area (Å²) in [4.78, 5) is 36.0. The quantitative estimate of drug-likeness (QED) is 0.466. The van der Waals surface area contributed by atoms with Gasteiger partial charge in [0.15, 0.2) is 5.78 Å².